The average molecular weight is 195 g/mol. The second kappa shape index (κ2) is 4.56. The molecule has 0 aliphatic rings. The molecule has 0 saturated heterocycles. The van der Waals surface area contributed by atoms with Crippen molar-refractivity contribution in [3.8, 4) is 0 Å². The number of hydrogen-bond acceptors (Lipinski definition) is 1. The van der Waals surface area contributed by atoms with Gasteiger partial charge in [0.25, 0.3) is 0 Å². The van der Waals surface area contributed by atoms with Gasteiger partial charge in [0, 0.05) is 12.0 Å². The summed E-state index contributed by atoms with van der Waals surface area (Å²) in [4.78, 5) is 0. The Morgan fingerprint density at radius 2 is 2.00 bits per heavy atom. The van der Waals surface area contributed by atoms with E-state index >= 15 is 0 Å². The van der Waals surface area contributed by atoms with E-state index in [0.29, 0.717) is 13.0 Å². The Morgan fingerprint density at radius 3 is 2.50 bits per heavy atom. The first-order valence-electron chi connectivity index (χ1n) is 4.92. The lowest BCUT2D eigenvalue weighted by molar-refractivity contribution is 0.238. The van der Waals surface area contributed by atoms with Crippen LogP contribution in [0.15, 0.2) is 24.3 Å². The maximum Gasteiger partial charge on any atom is 0.0963 e. The topological polar surface area (TPSA) is 26.0 Å². The van der Waals surface area contributed by atoms with E-state index in [1.54, 1.807) is 0 Å². The molecule has 1 aromatic carbocycles. The Balaban J connectivity index is 2.82. The Labute approximate surface area is 85.1 Å². The molecular formula is C12H18FN. The number of nitrogens with two attached hydrogens (primary N) is 1. The fourth-order valence-corrected chi connectivity index (χ4v) is 1.44. The van der Waals surface area contributed by atoms with Crippen LogP contribution >= 0.6 is 0 Å². The number of benzene rings is 1. The van der Waals surface area contributed by atoms with E-state index in [2.05, 4.69) is 0 Å². The van der Waals surface area contributed by atoms with E-state index in [9.17, 15) is 4.39 Å². The van der Waals surface area contributed by atoms with Crippen LogP contribution in [0.3, 0.4) is 0 Å². The highest BCUT2D eigenvalue weighted by atomic mass is 19.1. The monoisotopic (exact) mass is 195 g/mol. The zero-order valence-corrected chi connectivity index (χ0v) is 8.89. The van der Waals surface area contributed by atoms with Gasteiger partial charge >= 0.3 is 0 Å². The zero-order chi connectivity index (χ0) is 10.6. The average Bonchev–Trinajstić information content (AvgIpc) is 2.21. The summed E-state index contributed by atoms with van der Waals surface area (Å²) in [6.45, 7) is 3.96. The van der Waals surface area contributed by atoms with E-state index in [1.807, 2.05) is 38.1 Å². The first-order valence-corrected chi connectivity index (χ1v) is 4.92. The van der Waals surface area contributed by atoms with E-state index in [-0.39, 0.29) is 6.67 Å². The standard InChI is InChI=1S/C12H18FN/c1-10-5-3-4-6-11(10)7-12(2,8-13)9-14/h3-6H,7-9,14H2,1-2H3. The molecule has 0 aliphatic heterocycles. The van der Waals surface area contributed by atoms with Gasteiger partial charge in [0.2, 0.25) is 0 Å². The van der Waals surface area contributed by atoms with Crippen LogP contribution in [0.4, 0.5) is 4.39 Å². The number of alkyl halides is 1. The number of halogens is 1. The molecule has 0 saturated carbocycles. The molecule has 2 heteroatoms. The predicted octanol–water partition coefficient (Wildman–Crippen LogP) is 2.47. The van der Waals surface area contributed by atoms with Crippen LogP contribution in [0.5, 0.6) is 0 Å². The van der Waals surface area contributed by atoms with Crippen LogP contribution in [-0.4, -0.2) is 13.2 Å². The van der Waals surface area contributed by atoms with Crippen LogP contribution in [0.25, 0.3) is 0 Å². The molecule has 0 aliphatic carbocycles. The quantitative estimate of drug-likeness (QED) is 0.784. The van der Waals surface area contributed by atoms with Gasteiger partial charge in [-0.3, -0.25) is 4.39 Å². The molecular weight excluding hydrogens is 177 g/mol. The summed E-state index contributed by atoms with van der Waals surface area (Å²) in [7, 11) is 0. The fraction of sp³-hybridized carbons (Fsp3) is 0.500. The number of hydrogen-bond donors (Lipinski definition) is 1. The first kappa shape index (κ1) is 11.2. The third kappa shape index (κ3) is 2.55. The van der Waals surface area contributed by atoms with Gasteiger partial charge in [-0.25, -0.2) is 0 Å². The molecule has 2 N–H and O–H groups in total. The first-order chi connectivity index (χ1) is 6.61. The SMILES string of the molecule is Cc1ccccc1CC(C)(CN)CF. The van der Waals surface area contributed by atoms with Gasteiger partial charge in [-0.2, -0.15) is 0 Å². The van der Waals surface area contributed by atoms with Crippen LogP contribution < -0.4 is 5.73 Å². The van der Waals surface area contributed by atoms with Crippen molar-refractivity contribution in [2.45, 2.75) is 20.3 Å². The zero-order valence-electron chi connectivity index (χ0n) is 8.89. The lowest BCUT2D eigenvalue weighted by atomic mass is 9.84. The van der Waals surface area contributed by atoms with E-state index in [1.165, 1.54) is 11.1 Å². The maximum atomic E-state index is 12.8. The molecule has 0 radical (unpaired) electrons. The van der Waals surface area contributed by atoms with E-state index in [4.69, 9.17) is 5.73 Å². The normalized spacial score (nSPS) is 15.1. The van der Waals surface area contributed by atoms with Crippen molar-refractivity contribution in [1.82, 2.24) is 0 Å². The third-order valence-electron chi connectivity index (χ3n) is 2.69. The summed E-state index contributed by atoms with van der Waals surface area (Å²) in [5.74, 6) is 0. The van der Waals surface area contributed by atoms with Crippen molar-refractivity contribution < 1.29 is 4.39 Å². The minimum atomic E-state index is -0.411. The summed E-state index contributed by atoms with van der Waals surface area (Å²) in [6, 6.07) is 8.06. The number of aryl methyl sites for hydroxylation is 1. The minimum absolute atomic E-state index is 0.363. The molecule has 0 fully saturated rings. The Bertz CT molecular complexity index is 292. The molecule has 0 amide bonds. The molecule has 1 atom stereocenters. The molecule has 1 unspecified atom stereocenters. The van der Waals surface area contributed by atoms with Gasteiger partial charge in [0.05, 0.1) is 6.67 Å². The Kier molecular flexibility index (Phi) is 3.64. The fourth-order valence-electron chi connectivity index (χ4n) is 1.44. The smallest absolute Gasteiger partial charge is 0.0963 e. The highest BCUT2D eigenvalue weighted by Gasteiger charge is 2.23. The highest BCUT2D eigenvalue weighted by molar-refractivity contribution is 5.26. The van der Waals surface area contributed by atoms with Crippen LogP contribution in [-0.2, 0) is 6.42 Å². The van der Waals surface area contributed by atoms with Gasteiger partial charge < -0.3 is 5.73 Å². The Morgan fingerprint density at radius 1 is 1.36 bits per heavy atom. The summed E-state index contributed by atoms with van der Waals surface area (Å²) in [5, 5.41) is 0. The van der Waals surface area contributed by atoms with Crippen molar-refractivity contribution >= 4 is 0 Å². The van der Waals surface area contributed by atoms with Gasteiger partial charge in [-0.15, -0.1) is 0 Å². The summed E-state index contributed by atoms with van der Waals surface area (Å²) < 4.78 is 12.8. The summed E-state index contributed by atoms with van der Waals surface area (Å²) >= 11 is 0. The molecule has 14 heavy (non-hydrogen) atoms. The lowest BCUT2D eigenvalue weighted by Crippen LogP contribution is -2.31. The lowest BCUT2D eigenvalue weighted by Gasteiger charge is -2.25. The molecule has 0 bridgehead atoms. The molecule has 0 spiro atoms. The van der Waals surface area contributed by atoms with Gasteiger partial charge in [-0.1, -0.05) is 31.2 Å². The van der Waals surface area contributed by atoms with Crippen LogP contribution in [0, 0.1) is 12.3 Å². The van der Waals surface area contributed by atoms with E-state index in [0.717, 1.165) is 0 Å². The van der Waals surface area contributed by atoms with Crippen molar-refractivity contribution in [2.24, 2.45) is 11.1 Å². The number of rotatable bonds is 4. The van der Waals surface area contributed by atoms with Crippen molar-refractivity contribution in [1.29, 1.82) is 0 Å². The van der Waals surface area contributed by atoms with Gasteiger partial charge in [0.1, 0.15) is 0 Å². The molecule has 0 heterocycles. The van der Waals surface area contributed by atoms with Gasteiger partial charge in [-0.05, 0) is 24.5 Å². The highest BCUT2D eigenvalue weighted by Crippen LogP contribution is 2.23. The van der Waals surface area contributed by atoms with Crippen LogP contribution in [0.2, 0.25) is 0 Å². The second-order valence-corrected chi connectivity index (χ2v) is 4.25. The van der Waals surface area contributed by atoms with Crippen molar-refractivity contribution in [3.05, 3.63) is 35.4 Å². The Hall–Kier alpha value is -0.890. The molecule has 78 valence electrons. The van der Waals surface area contributed by atoms with Crippen LogP contribution in [0.1, 0.15) is 18.1 Å². The molecule has 0 aromatic heterocycles. The van der Waals surface area contributed by atoms with Crippen molar-refractivity contribution in [2.75, 3.05) is 13.2 Å². The third-order valence-corrected chi connectivity index (χ3v) is 2.69. The molecule has 1 nitrogen and oxygen atoms in total. The molecule has 1 aromatic rings. The maximum absolute atomic E-state index is 12.8. The minimum Gasteiger partial charge on any atom is -0.330 e. The van der Waals surface area contributed by atoms with E-state index < -0.39 is 5.41 Å². The molecule has 1 rings (SSSR count). The van der Waals surface area contributed by atoms with Crippen molar-refractivity contribution in [3.63, 3.8) is 0 Å². The second-order valence-electron chi connectivity index (χ2n) is 4.25. The predicted molar refractivity (Wildman–Crippen MR) is 58.0 cm³/mol. The summed E-state index contributed by atoms with van der Waals surface area (Å²) in [6.07, 6.45) is 0.715. The summed E-state index contributed by atoms with van der Waals surface area (Å²) in [5.41, 5.74) is 7.57. The van der Waals surface area contributed by atoms with Gasteiger partial charge in [0.15, 0.2) is 0 Å². The largest absolute Gasteiger partial charge is 0.330 e.